The van der Waals surface area contributed by atoms with Gasteiger partial charge >= 0.3 is 5.97 Å². The Bertz CT molecular complexity index is 1140. The van der Waals surface area contributed by atoms with Gasteiger partial charge < -0.3 is 9.15 Å². The quantitative estimate of drug-likeness (QED) is 0.465. The molecule has 0 bridgehead atoms. The molecule has 6 nitrogen and oxygen atoms in total. The molecule has 2 heterocycles. The second-order valence-electron chi connectivity index (χ2n) is 6.18. The number of benzene rings is 1. The Morgan fingerprint density at radius 3 is 2.63 bits per heavy atom. The highest BCUT2D eigenvalue weighted by Gasteiger charge is 2.27. The third kappa shape index (κ3) is 4.90. The van der Waals surface area contributed by atoms with Crippen LogP contribution in [0.4, 0.5) is 0 Å². The summed E-state index contributed by atoms with van der Waals surface area (Å²) in [5.74, 6) is 11.3. The van der Waals surface area contributed by atoms with Crippen molar-refractivity contribution >= 4 is 36.4 Å². The molecule has 0 amide bonds. The maximum absolute atomic E-state index is 11.7. The Labute approximate surface area is 178 Å². The predicted molar refractivity (Wildman–Crippen MR) is 114 cm³/mol. The number of methoxy groups -OCH3 is 1. The molecule has 1 aromatic carbocycles. The van der Waals surface area contributed by atoms with Gasteiger partial charge in [-0.1, -0.05) is 29.7 Å². The molecule has 1 saturated heterocycles. The van der Waals surface area contributed by atoms with Crippen LogP contribution in [-0.2, 0) is 14.3 Å². The molecule has 30 heavy (non-hydrogen) atoms. The summed E-state index contributed by atoms with van der Waals surface area (Å²) in [7, 11) is 1.34. The van der Waals surface area contributed by atoms with Crippen molar-refractivity contribution in [2.75, 3.05) is 7.11 Å². The number of aldehydes is 2. The van der Waals surface area contributed by atoms with Crippen LogP contribution in [0.15, 0.2) is 39.7 Å². The number of esters is 1. The number of hydrogen-bond acceptors (Lipinski definition) is 7. The minimum Gasteiger partial charge on any atom is -0.465 e. The summed E-state index contributed by atoms with van der Waals surface area (Å²) in [4.78, 5) is 33.6. The zero-order valence-electron chi connectivity index (χ0n) is 16.2. The van der Waals surface area contributed by atoms with Gasteiger partial charge in [0.2, 0.25) is 0 Å². The van der Waals surface area contributed by atoms with Gasteiger partial charge in [0.1, 0.15) is 22.9 Å². The maximum atomic E-state index is 11.7. The topological polar surface area (TPSA) is 85.6 Å². The summed E-state index contributed by atoms with van der Waals surface area (Å²) in [5.41, 5.74) is 2.21. The van der Waals surface area contributed by atoms with Gasteiger partial charge in [-0.15, -0.1) is 0 Å². The number of rotatable bonds is 3. The van der Waals surface area contributed by atoms with E-state index in [1.807, 2.05) is 31.2 Å². The van der Waals surface area contributed by atoms with Crippen LogP contribution < -0.4 is 5.32 Å². The third-order valence-electron chi connectivity index (χ3n) is 4.24. The monoisotopic (exact) mass is 419 g/mol. The molecule has 0 aliphatic carbocycles. The Balaban J connectivity index is 1.87. The molecular formula is C23H17NO5S. The molecule has 1 aliphatic rings. The molecule has 2 unspecified atom stereocenters. The van der Waals surface area contributed by atoms with E-state index in [4.69, 9.17) is 9.15 Å². The second kappa shape index (κ2) is 9.80. The SMILES string of the molecule is COC(=O)c1ccc(-c2ccc(/C=C3\SC(C#CC=O)NC3C#CC=O)o2)c(C)c1. The highest BCUT2D eigenvalue weighted by Crippen LogP contribution is 2.34. The van der Waals surface area contributed by atoms with Crippen molar-refractivity contribution in [1.29, 1.82) is 0 Å². The van der Waals surface area contributed by atoms with Gasteiger partial charge in [-0.25, -0.2) is 4.79 Å². The number of carbonyl (C=O) groups is 3. The molecule has 1 N–H and O–H groups in total. The standard InChI is InChI=1S/C23H17NO5S/c1-15-13-16(23(27)28-2)7-9-18(15)20-10-8-17(29-20)14-21-19(5-3-11-25)24-22(30-21)6-4-12-26/h7-14,19,22,24H,1-2H3/b21-14-. The Kier molecular flexibility index (Phi) is 6.92. The van der Waals surface area contributed by atoms with Crippen molar-refractivity contribution in [3.8, 4) is 35.0 Å². The second-order valence-corrected chi connectivity index (χ2v) is 7.36. The van der Waals surface area contributed by atoms with Crippen LogP contribution in [0.2, 0.25) is 0 Å². The molecule has 0 spiro atoms. The van der Waals surface area contributed by atoms with Gasteiger partial charge in [0.05, 0.1) is 12.7 Å². The fraction of sp³-hybridized carbons (Fsp3) is 0.174. The molecule has 1 fully saturated rings. The summed E-state index contributed by atoms with van der Waals surface area (Å²) in [6.45, 7) is 1.89. The van der Waals surface area contributed by atoms with E-state index in [1.165, 1.54) is 18.9 Å². The summed E-state index contributed by atoms with van der Waals surface area (Å²) < 4.78 is 10.7. The number of furan rings is 1. The van der Waals surface area contributed by atoms with Crippen molar-refractivity contribution < 1.29 is 23.5 Å². The summed E-state index contributed by atoms with van der Waals surface area (Å²) in [6, 6.07) is 8.53. The highest BCUT2D eigenvalue weighted by molar-refractivity contribution is 8.04. The van der Waals surface area contributed by atoms with Crippen LogP contribution in [0.3, 0.4) is 0 Å². The molecule has 150 valence electrons. The van der Waals surface area contributed by atoms with Crippen LogP contribution in [-0.4, -0.2) is 37.1 Å². The van der Waals surface area contributed by atoms with E-state index in [0.717, 1.165) is 16.0 Å². The lowest BCUT2D eigenvalue weighted by Gasteiger charge is -2.05. The fourth-order valence-corrected chi connectivity index (χ4v) is 3.95. The van der Waals surface area contributed by atoms with Crippen molar-refractivity contribution in [2.24, 2.45) is 0 Å². The summed E-state index contributed by atoms with van der Waals surface area (Å²) in [5, 5.41) is 2.83. The molecule has 1 aliphatic heterocycles. The zero-order valence-corrected chi connectivity index (χ0v) is 17.0. The van der Waals surface area contributed by atoms with E-state index in [-0.39, 0.29) is 11.4 Å². The molecule has 3 rings (SSSR count). The lowest BCUT2D eigenvalue weighted by Crippen LogP contribution is -2.27. The maximum Gasteiger partial charge on any atom is 0.337 e. The number of thioether (sulfide) groups is 1. The van der Waals surface area contributed by atoms with Gasteiger partial charge in [0.25, 0.3) is 0 Å². The van der Waals surface area contributed by atoms with E-state index >= 15 is 0 Å². The first-order valence-corrected chi connectivity index (χ1v) is 9.76. The smallest absolute Gasteiger partial charge is 0.337 e. The number of ether oxygens (including phenoxy) is 1. The van der Waals surface area contributed by atoms with Gasteiger partial charge in [-0.2, -0.15) is 0 Å². The predicted octanol–water partition coefficient (Wildman–Crippen LogP) is 2.82. The molecular weight excluding hydrogens is 402 g/mol. The van der Waals surface area contributed by atoms with E-state index in [2.05, 4.69) is 29.0 Å². The Morgan fingerprint density at radius 1 is 1.17 bits per heavy atom. The lowest BCUT2D eigenvalue weighted by molar-refractivity contribution is -0.104. The van der Waals surface area contributed by atoms with Crippen LogP contribution in [0.5, 0.6) is 0 Å². The number of carbonyl (C=O) groups excluding carboxylic acids is 3. The van der Waals surface area contributed by atoms with Gasteiger partial charge in [-0.05, 0) is 54.7 Å². The van der Waals surface area contributed by atoms with Crippen molar-refractivity contribution in [1.82, 2.24) is 5.32 Å². The van der Waals surface area contributed by atoms with Crippen LogP contribution in [0.25, 0.3) is 17.4 Å². The molecule has 2 aromatic rings. The first-order chi connectivity index (χ1) is 14.5. The number of hydrogen-bond donors (Lipinski definition) is 1. The average molecular weight is 419 g/mol. The first-order valence-electron chi connectivity index (χ1n) is 8.88. The van der Waals surface area contributed by atoms with Crippen LogP contribution in [0, 0.1) is 30.6 Å². The summed E-state index contributed by atoms with van der Waals surface area (Å²) >= 11 is 1.41. The van der Waals surface area contributed by atoms with Gasteiger partial charge in [-0.3, -0.25) is 14.9 Å². The first kappa shape index (κ1) is 21.2. The van der Waals surface area contributed by atoms with E-state index in [0.29, 0.717) is 29.7 Å². The molecule has 0 saturated carbocycles. The van der Waals surface area contributed by atoms with E-state index < -0.39 is 5.97 Å². The summed E-state index contributed by atoms with van der Waals surface area (Å²) in [6.07, 6.45) is 2.88. The van der Waals surface area contributed by atoms with Gasteiger partial charge in [0, 0.05) is 10.5 Å². The molecule has 2 atom stereocenters. The largest absolute Gasteiger partial charge is 0.465 e. The van der Waals surface area contributed by atoms with Crippen molar-refractivity contribution in [2.45, 2.75) is 18.3 Å². The normalized spacial score (nSPS) is 18.7. The van der Waals surface area contributed by atoms with Crippen LogP contribution in [0.1, 0.15) is 21.7 Å². The van der Waals surface area contributed by atoms with Gasteiger partial charge in [0.15, 0.2) is 12.6 Å². The van der Waals surface area contributed by atoms with E-state index in [9.17, 15) is 14.4 Å². The van der Waals surface area contributed by atoms with Crippen LogP contribution >= 0.6 is 11.8 Å². The Morgan fingerprint density at radius 2 is 1.93 bits per heavy atom. The number of nitrogens with one attached hydrogen (secondary N) is 1. The highest BCUT2D eigenvalue weighted by atomic mass is 32.2. The Hall–Kier alpha value is -3.52. The minimum absolute atomic E-state index is 0.310. The third-order valence-corrected chi connectivity index (χ3v) is 5.36. The zero-order chi connectivity index (χ0) is 21.5. The minimum atomic E-state index is -0.394. The average Bonchev–Trinajstić information content (AvgIpc) is 3.37. The number of aryl methyl sites for hydroxylation is 1. The lowest BCUT2D eigenvalue weighted by atomic mass is 10.0. The van der Waals surface area contributed by atoms with Crippen molar-refractivity contribution in [3.05, 3.63) is 52.1 Å². The molecule has 1 aromatic heterocycles. The van der Waals surface area contributed by atoms with Crippen molar-refractivity contribution in [3.63, 3.8) is 0 Å². The molecule has 0 radical (unpaired) electrons. The molecule has 7 heteroatoms. The van der Waals surface area contributed by atoms with E-state index in [1.54, 1.807) is 12.1 Å². The fourth-order valence-electron chi connectivity index (χ4n) is 2.90.